The van der Waals surface area contributed by atoms with E-state index in [9.17, 15) is 9.90 Å². The maximum atomic E-state index is 13.0. The summed E-state index contributed by atoms with van der Waals surface area (Å²) in [6.45, 7) is 8.94. The maximum Gasteiger partial charge on any atom is 0.151 e. The molecule has 2 aromatic heterocycles. The summed E-state index contributed by atoms with van der Waals surface area (Å²) in [6.07, 6.45) is 5.77. The molecule has 222 valence electrons. The van der Waals surface area contributed by atoms with Crippen LogP contribution < -0.4 is 5.32 Å². The first kappa shape index (κ1) is 28.9. The molecule has 0 fully saturated rings. The van der Waals surface area contributed by atoms with E-state index in [2.05, 4.69) is 95.7 Å². The molecule has 42 heavy (non-hydrogen) atoms. The lowest BCUT2D eigenvalue weighted by atomic mass is 9.85. The third-order valence-electron chi connectivity index (χ3n) is 10.0. The van der Waals surface area contributed by atoms with Crippen molar-refractivity contribution in [3.63, 3.8) is 0 Å². The SMILES string of the molecule is CCCCC(O)CN(C)C1Cn2c3ccccc3c3c(C=O)c(CNC)c4c5ccccc5n(c4c32)C(CC)C1CC. The van der Waals surface area contributed by atoms with Crippen LogP contribution in [-0.4, -0.2) is 58.2 Å². The molecular weight excluding hydrogens is 520 g/mol. The highest BCUT2D eigenvalue weighted by Gasteiger charge is 2.38. The van der Waals surface area contributed by atoms with Crippen LogP contribution in [-0.2, 0) is 13.1 Å². The zero-order chi connectivity index (χ0) is 29.5. The van der Waals surface area contributed by atoms with E-state index in [0.29, 0.717) is 19.0 Å². The van der Waals surface area contributed by atoms with E-state index in [-0.39, 0.29) is 18.2 Å². The van der Waals surface area contributed by atoms with Gasteiger partial charge in [-0.25, -0.2) is 0 Å². The summed E-state index contributed by atoms with van der Waals surface area (Å²) < 4.78 is 5.14. The topological polar surface area (TPSA) is 62.4 Å². The van der Waals surface area contributed by atoms with Crippen LogP contribution in [0.25, 0.3) is 43.6 Å². The molecule has 1 aliphatic rings. The Morgan fingerprint density at radius 1 is 1.00 bits per heavy atom. The second-order valence-electron chi connectivity index (χ2n) is 12.4. The fourth-order valence-electron chi connectivity index (χ4n) is 8.20. The van der Waals surface area contributed by atoms with E-state index in [4.69, 9.17) is 0 Å². The highest BCUT2D eigenvalue weighted by molar-refractivity contribution is 6.28. The fourth-order valence-corrected chi connectivity index (χ4v) is 8.20. The van der Waals surface area contributed by atoms with E-state index in [0.717, 1.165) is 66.8 Å². The summed E-state index contributed by atoms with van der Waals surface area (Å²) in [4.78, 5) is 15.5. The number of aldehydes is 1. The molecule has 0 radical (unpaired) electrons. The Morgan fingerprint density at radius 3 is 2.33 bits per heavy atom. The van der Waals surface area contributed by atoms with Gasteiger partial charge in [-0.05, 0) is 57.0 Å². The third-order valence-corrected chi connectivity index (χ3v) is 10.0. The van der Waals surface area contributed by atoms with Crippen molar-refractivity contribution in [2.45, 2.75) is 84.2 Å². The largest absolute Gasteiger partial charge is 0.392 e. The Bertz CT molecular complexity index is 1750. The predicted molar refractivity (Wildman–Crippen MR) is 176 cm³/mol. The lowest BCUT2D eigenvalue weighted by Crippen LogP contribution is -2.47. The highest BCUT2D eigenvalue weighted by Crippen LogP contribution is 2.48. The third kappa shape index (κ3) is 4.38. The van der Waals surface area contributed by atoms with E-state index in [1.54, 1.807) is 0 Å². The van der Waals surface area contributed by atoms with Crippen LogP contribution in [0.4, 0.5) is 0 Å². The van der Waals surface area contributed by atoms with Gasteiger partial charge >= 0.3 is 0 Å². The van der Waals surface area contributed by atoms with Crippen molar-refractivity contribution in [1.82, 2.24) is 19.4 Å². The molecule has 6 rings (SSSR count). The smallest absolute Gasteiger partial charge is 0.151 e. The van der Waals surface area contributed by atoms with Gasteiger partial charge in [0.1, 0.15) is 0 Å². The van der Waals surface area contributed by atoms with Crippen LogP contribution in [0.3, 0.4) is 0 Å². The quantitative estimate of drug-likeness (QED) is 0.165. The summed E-state index contributed by atoms with van der Waals surface area (Å²) >= 11 is 0. The van der Waals surface area contributed by atoms with Gasteiger partial charge in [-0.3, -0.25) is 9.69 Å². The molecule has 6 nitrogen and oxygen atoms in total. The Balaban J connectivity index is 1.75. The molecule has 0 amide bonds. The van der Waals surface area contributed by atoms with Crippen LogP contribution in [0.1, 0.15) is 74.8 Å². The van der Waals surface area contributed by atoms with Crippen molar-refractivity contribution < 1.29 is 9.90 Å². The molecule has 6 heteroatoms. The molecule has 0 saturated carbocycles. The molecule has 4 atom stereocenters. The normalized spacial score (nSPS) is 19.8. The van der Waals surface area contributed by atoms with Crippen molar-refractivity contribution in [1.29, 1.82) is 0 Å². The summed E-state index contributed by atoms with van der Waals surface area (Å²) in [5, 5.41) is 19.0. The van der Waals surface area contributed by atoms with Gasteiger partial charge in [0, 0.05) is 69.9 Å². The number of fused-ring (bicyclic) bond motifs is 6. The van der Waals surface area contributed by atoms with Crippen molar-refractivity contribution >= 4 is 49.9 Å². The van der Waals surface area contributed by atoms with Gasteiger partial charge in [-0.1, -0.05) is 70.0 Å². The Kier molecular flexibility index (Phi) is 8.14. The van der Waals surface area contributed by atoms with Gasteiger partial charge in [-0.2, -0.15) is 0 Å². The number of aromatic nitrogens is 2. The fraction of sp³-hybridized carbons (Fsp3) is 0.472. The monoisotopic (exact) mass is 566 g/mol. The molecule has 0 bridgehead atoms. The number of carbonyl (C=O) groups is 1. The van der Waals surface area contributed by atoms with Crippen LogP contribution in [0, 0.1) is 5.92 Å². The lowest BCUT2D eigenvalue weighted by molar-refractivity contribution is 0.0563. The number of unbranched alkanes of at least 4 members (excludes halogenated alkanes) is 1. The van der Waals surface area contributed by atoms with Crippen LogP contribution >= 0.6 is 0 Å². The standard InChI is InChI=1S/C36H46N4O2/c1-6-9-14-23(42)20-38(5)32-21-39-30-17-12-10-15-25(30)34-28(22-41)27(19-37-4)33-26-16-11-13-18-31(26)40(36(33)35(34)39)29(8-3)24(32)7-2/h10-13,15-18,22-24,29,32,37,42H,6-9,14,19-21H2,1-5H3. The van der Waals surface area contributed by atoms with Gasteiger partial charge in [0.15, 0.2) is 6.29 Å². The molecule has 0 spiro atoms. The number of nitrogens with one attached hydrogen (secondary N) is 1. The first-order chi connectivity index (χ1) is 20.5. The molecule has 0 saturated heterocycles. The first-order valence-electron chi connectivity index (χ1n) is 16.0. The van der Waals surface area contributed by atoms with Crippen molar-refractivity contribution in [3.8, 4) is 0 Å². The number of benzene rings is 3. The minimum absolute atomic E-state index is 0.219. The van der Waals surface area contributed by atoms with E-state index < -0.39 is 0 Å². The molecule has 3 heterocycles. The Labute approximate surface area is 249 Å². The van der Waals surface area contributed by atoms with Crippen molar-refractivity contribution in [3.05, 3.63) is 59.7 Å². The van der Waals surface area contributed by atoms with Crippen LogP contribution in [0.5, 0.6) is 0 Å². The number of likely N-dealkylation sites (N-methyl/N-ethyl adjacent to an activating group) is 1. The summed E-state index contributed by atoms with van der Waals surface area (Å²) in [7, 11) is 4.17. The molecule has 0 aliphatic carbocycles. The van der Waals surface area contributed by atoms with Gasteiger partial charge in [0.2, 0.25) is 0 Å². The number of aliphatic hydroxyl groups excluding tert-OH is 1. The second-order valence-corrected chi connectivity index (χ2v) is 12.4. The summed E-state index contributed by atoms with van der Waals surface area (Å²) in [6, 6.07) is 17.9. The van der Waals surface area contributed by atoms with Crippen LogP contribution in [0.2, 0.25) is 0 Å². The summed E-state index contributed by atoms with van der Waals surface area (Å²) in [5.41, 5.74) is 6.72. The van der Waals surface area contributed by atoms with Gasteiger partial charge in [0.25, 0.3) is 0 Å². The van der Waals surface area contributed by atoms with Gasteiger partial charge < -0.3 is 19.6 Å². The number of rotatable bonds is 11. The van der Waals surface area contributed by atoms with Gasteiger partial charge in [0.05, 0.1) is 17.1 Å². The number of carbonyl (C=O) groups excluding carboxylic acids is 1. The summed E-state index contributed by atoms with van der Waals surface area (Å²) in [5.74, 6) is 0.375. The minimum Gasteiger partial charge on any atom is -0.392 e. The molecule has 5 aromatic rings. The molecular formula is C36H46N4O2. The zero-order valence-electron chi connectivity index (χ0n) is 25.9. The number of hydrogen-bond donors (Lipinski definition) is 2. The van der Waals surface area contributed by atoms with E-state index in [1.165, 1.54) is 32.8 Å². The first-order valence-corrected chi connectivity index (χ1v) is 16.0. The van der Waals surface area contributed by atoms with E-state index >= 15 is 0 Å². The van der Waals surface area contributed by atoms with Crippen molar-refractivity contribution in [2.24, 2.45) is 5.92 Å². The lowest BCUT2D eigenvalue weighted by Gasteiger charge is -2.42. The van der Waals surface area contributed by atoms with E-state index in [1.807, 2.05) is 7.05 Å². The average Bonchev–Trinajstić information content (AvgIpc) is 3.50. The number of nitrogens with zero attached hydrogens (tertiary/aromatic N) is 3. The second kappa shape index (κ2) is 11.8. The minimum atomic E-state index is -0.337. The Hall–Kier alpha value is -3.19. The number of aliphatic hydroxyl groups is 1. The maximum absolute atomic E-state index is 13.0. The highest BCUT2D eigenvalue weighted by atomic mass is 16.3. The molecule has 4 unspecified atom stereocenters. The number of hydrogen-bond acceptors (Lipinski definition) is 4. The van der Waals surface area contributed by atoms with Crippen LogP contribution in [0.15, 0.2) is 48.5 Å². The molecule has 2 N–H and O–H groups in total. The average molecular weight is 567 g/mol. The van der Waals surface area contributed by atoms with Crippen molar-refractivity contribution in [2.75, 3.05) is 20.6 Å². The zero-order valence-corrected chi connectivity index (χ0v) is 25.9. The Morgan fingerprint density at radius 2 is 1.69 bits per heavy atom. The predicted octanol–water partition coefficient (Wildman–Crippen LogP) is 7.28. The molecule has 1 aliphatic heterocycles. The number of para-hydroxylation sites is 2. The van der Waals surface area contributed by atoms with Gasteiger partial charge in [-0.15, -0.1) is 0 Å². The molecule has 3 aromatic carbocycles.